The zero-order valence-electron chi connectivity index (χ0n) is 11.9. The molecule has 0 aliphatic rings. The van der Waals surface area contributed by atoms with E-state index in [2.05, 4.69) is 4.98 Å². The Morgan fingerprint density at radius 2 is 2.00 bits per heavy atom. The standard InChI is InChI=1S/C16H18N2O2/c1-12(14-8-4-5-9-15(14)20-3)18(2)16(19)13-7-6-10-17-11-13/h4-12H,1-3H3. The molecule has 1 amide bonds. The van der Waals surface area contributed by atoms with E-state index in [0.29, 0.717) is 5.56 Å². The van der Waals surface area contributed by atoms with Crippen molar-refractivity contribution in [1.29, 1.82) is 0 Å². The molecule has 0 bridgehead atoms. The van der Waals surface area contributed by atoms with Crippen LogP contribution < -0.4 is 4.74 Å². The van der Waals surface area contributed by atoms with Crippen LogP contribution in [0.5, 0.6) is 5.75 Å². The molecule has 1 heterocycles. The van der Waals surface area contributed by atoms with Gasteiger partial charge in [-0.25, -0.2) is 0 Å². The fraction of sp³-hybridized carbons (Fsp3) is 0.250. The highest BCUT2D eigenvalue weighted by Crippen LogP contribution is 2.28. The molecule has 4 nitrogen and oxygen atoms in total. The summed E-state index contributed by atoms with van der Waals surface area (Å²) < 4.78 is 5.35. The quantitative estimate of drug-likeness (QED) is 0.858. The third-order valence-corrected chi connectivity index (χ3v) is 3.40. The van der Waals surface area contributed by atoms with E-state index in [1.807, 2.05) is 31.2 Å². The van der Waals surface area contributed by atoms with Crippen LogP contribution in [-0.2, 0) is 0 Å². The molecule has 2 aromatic rings. The van der Waals surface area contributed by atoms with Gasteiger partial charge in [0.2, 0.25) is 0 Å². The summed E-state index contributed by atoms with van der Waals surface area (Å²) in [5.74, 6) is 0.724. The zero-order valence-corrected chi connectivity index (χ0v) is 11.9. The minimum absolute atomic E-state index is 0.0588. The molecule has 1 atom stereocenters. The molecular weight excluding hydrogens is 252 g/mol. The Labute approximate surface area is 119 Å². The predicted molar refractivity (Wildman–Crippen MR) is 77.7 cm³/mol. The van der Waals surface area contributed by atoms with Crippen LogP contribution in [-0.4, -0.2) is 29.9 Å². The van der Waals surface area contributed by atoms with Crippen molar-refractivity contribution in [3.8, 4) is 5.75 Å². The fourth-order valence-electron chi connectivity index (χ4n) is 2.09. The number of hydrogen-bond donors (Lipinski definition) is 0. The molecule has 0 fully saturated rings. The second kappa shape index (κ2) is 6.19. The number of aromatic nitrogens is 1. The normalized spacial score (nSPS) is 11.8. The molecule has 4 heteroatoms. The summed E-state index contributed by atoms with van der Waals surface area (Å²) >= 11 is 0. The minimum atomic E-state index is -0.0844. The maximum absolute atomic E-state index is 12.4. The molecule has 104 valence electrons. The average molecular weight is 270 g/mol. The van der Waals surface area contributed by atoms with Crippen molar-refractivity contribution in [3.05, 3.63) is 59.9 Å². The van der Waals surface area contributed by atoms with Crippen molar-refractivity contribution in [2.24, 2.45) is 0 Å². The highest BCUT2D eigenvalue weighted by molar-refractivity contribution is 5.94. The first-order chi connectivity index (χ1) is 9.65. The van der Waals surface area contributed by atoms with Crippen LogP contribution >= 0.6 is 0 Å². The van der Waals surface area contributed by atoms with Crippen molar-refractivity contribution in [3.63, 3.8) is 0 Å². The van der Waals surface area contributed by atoms with Gasteiger partial charge in [-0.3, -0.25) is 9.78 Å². The number of amides is 1. The van der Waals surface area contributed by atoms with Gasteiger partial charge in [-0.1, -0.05) is 18.2 Å². The van der Waals surface area contributed by atoms with Gasteiger partial charge in [-0.05, 0) is 25.1 Å². The molecular formula is C16H18N2O2. The highest BCUT2D eigenvalue weighted by atomic mass is 16.5. The number of carbonyl (C=O) groups excluding carboxylic acids is 1. The Kier molecular flexibility index (Phi) is 4.35. The summed E-state index contributed by atoms with van der Waals surface area (Å²) in [6.07, 6.45) is 3.23. The van der Waals surface area contributed by atoms with Crippen LogP contribution in [0.3, 0.4) is 0 Å². The Morgan fingerprint density at radius 1 is 1.25 bits per heavy atom. The topological polar surface area (TPSA) is 42.4 Å². The van der Waals surface area contributed by atoms with Gasteiger partial charge in [0, 0.05) is 25.0 Å². The highest BCUT2D eigenvalue weighted by Gasteiger charge is 2.21. The van der Waals surface area contributed by atoms with Crippen LogP contribution in [0.4, 0.5) is 0 Å². The van der Waals surface area contributed by atoms with Gasteiger partial charge < -0.3 is 9.64 Å². The van der Waals surface area contributed by atoms with E-state index in [9.17, 15) is 4.79 Å². The van der Waals surface area contributed by atoms with Crippen LogP contribution in [0, 0.1) is 0 Å². The lowest BCUT2D eigenvalue weighted by atomic mass is 10.1. The maximum atomic E-state index is 12.4. The molecule has 0 saturated carbocycles. The van der Waals surface area contributed by atoms with E-state index in [1.54, 1.807) is 43.6 Å². The lowest BCUT2D eigenvalue weighted by molar-refractivity contribution is 0.0740. The number of methoxy groups -OCH3 is 1. The van der Waals surface area contributed by atoms with E-state index in [4.69, 9.17) is 4.74 Å². The summed E-state index contributed by atoms with van der Waals surface area (Å²) in [6, 6.07) is 11.2. The summed E-state index contributed by atoms with van der Waals surface area (Å²) in [5.41, 5.74) is 1.56. The predicted octanol–water partition coefficient (Wildman–Crippen LogP) is 2.92. The van der Waals surface area contributed by atoms with Crippen molar-refractivity contribution in [2.45, 2.75) is 13.0 Å². The van der Waals surface area contributed by atoms with Gasteiger partial charge in [0.15, 0.2) is 0 Å². The van der Waals surface area contributed by atoms with Crippen molar-refractivity contribution in [1.82, 2.24) is 9.88 Å². The van der Waals surface area contributed by atoms with Crippen LogP contribution in [0.15, 0.2) is 48.8 Å². The molecule has 2 rings (SSSR count). The van der Waals surface area contributed by atoms with Crippen LogP contribution in [0.1, 0.15) is 28.9 Å². The van der Waals surface area contributed by atoms with E-state index in [-0.39, 0.29) is 11.9 Å². The molecule has 0 aliphatic carbocycles. The number of nitrogens with zero attached hydrogens (tertiary/aromatic N) is 2. The minimum Gasteiger partial charge on any atom is -0.496 e. The average Bonchev–Trinajstić information content (AvgIpc) is 2.53. The largest absolute Gasteiger partial charge is 0.496 e. The van der Waals surface area contributed by atoms with E-state index < -0.39 is 0 Å². The Hall–Kier alpha value is -2.36. The number of carbonyl (C=O) groups is 1. The number of ether oxygens (including phenoxy) is 1. The first-order valence-corrected chi connectivity index (χ1v) is 6.45. The SMILES string of the molecule is COc1ccccc1C(C)N(C)C(=O)c1cccnc1. The maximum Gasteiger partial charge on any atom is 0.255 e. The molecule has 0 spiro atoms. The summed E-state index contributed by atoms with van der Waals surface area (Å²) in [4.78, 5) is 18.1. The summed E-state index contributed by atoms with van der Waals surface area (Å²) in [6.45, 7) is 1.98. The molecule has 1 aromatic heterocycles. The van der Waals surface area contributed by atoms with Gasteiger partial charge in [0.25, 0.3) is 5.91 Å². The Morgan fingerprint density at radius 3 is 2.65 bits per heavy atom. The van der Waals surface area contributed by atoms with Gasteiger partial charge in [-0.2, -0.15) is 0 Å². The summed E-state index contributed by atoms with van der Waals surface area (Å²) in [5, 5.41) is 0. The van der Waals surface area contributed by atoms with Gasteiger partial charge >= 0.3 is 0 Å². The number of rotatable bonds is 4. The number of para-hydroxylation sites is 1. The first kappa shape index (κ1) is 14.1. The Balaban J connectivity index is 2.24. The zero-order chi connectivity index (χ0) is 14.5. The monoisotopic (exact) mass is 270 g/mol. The second-order valence-electron chi connectivity index (χ2n) is 4.58. The third-order valence-electron chi connectivity index (χ3n) is 3.40. The van der Waals surface area contributed by atoms with Gasteiger partial charge in [0.1, 0.15) is 5.75 Å². The molecule has 0 N–H and O–H groups in total. The fourth-order valence-corrected chi connectivity index (χ4v) is 2.09. The summed E-state index contributed by atoms with van der Waals surface area (Å²) in [7, 11) is 3.42. The van der Waals surface area contributed by atoms with Crippen molar-refractivity contribution < 1.29 is 9.53 Å². The smallest absolute Gasteiger partial charge is 0.255 e. The van der Waals surface area contributed by atoms with E-state index >= 15 is 0 Å². The third kappa shape index (κ3) is 2.79. The molecule has 20 heavy (non-hydrogen) atoms. The van der Waals surface area contributed by atoms with Crippen LogP contribution in [0.2, 0.25) is 0 Å². The molecule has 1 aromatic carbocycles. The lowest BCUT2D eigenvalue weighted by Gasteiger charge is -2.26. The van der Waals surface area contributed by atoms with Crippen LogP contribution in [0.25, 0.3) is 0 Å². The number of benzene rings is 1. The van der Waals surface area contributed by atoms with Gasteiger partial charge in [-0.15, -0.1) is 0 Å². The lowest BCUT2D eigenvalue weighted by Crippen LogP contribution is -2.29. The molecule has 1 unspecified atom stereocenters. The first-order valence-electron chi connectivity index (χ1n) is 6.45. The van der Waals surface area contributed by atoms with E-state index in [1.165, 1.54) is 0 Å². The second-order valence-corrected chi connectivity index (χ2v) is 4.58. The molecule has 0 aliphatic heterocycles. The van der Waals surface area contributed by atoms with E-state index in [0.717, 1.165) is 11.3 Å². The molecule has 0 radical (unpaired) electrons. The number of hydrogen-bond acceptors (Lipinski definition) is 3. The van der Waals surface area contributed by atoms with Crippen molar-refractivity contribution >= 4 is 5.91 Å². The molecule has 0 saturated heterocycles. The number of pyridine rings is 1. The van der Waals surface area contributed by atoms with Crippen molar-refractivity contribution in [2.75, 3.05) is 14.2 Å². The van der Waals surface area contributed by atoms with Gasteiger partial charge in [0.05, 0.1) is 18.7 Å². The Bertz CT molecular complexity index is 584.